The first kappa shape index (κ1) is 9.51. The van der Waals surface area contributed by atoms with Gasteiger partial charge in [0.05, 0.1) is 7.11 Å². The second-order valence-corrected chi connectivity index (χ2v) is 2.89. The highest BCUT2D eigenvalue weighted by Gasteiger charge is 2.17. The molecule has 4 heteroatoms. The molecule has 0 fully saturated rings. The van der Waals surface area contributed by atoms with Gasteiger partial charge in [-0.2, -0.15) is 0 Å². The fraction of sp³-hybridized carbons (Fsp3) is 0.333. The molecule has 0 saturated carbocycles. The number of hydrogen-bond acceptors (Lipinski definition) is 4. The first-order valence-electron chi connectivity index (χ1n) is 3.85. The van der Waals surface area contributed by atoms with E-state index in [0.29, 0.717) is 16.8 Å². The summed E-state index contributed by atoms with van der Waals surface area (Å²) >= 11 is 0. The van der Waals surface area contributed by atoms with Crippen LogP contribution in [0.15, 0.2) is 0 Å². The van der Waals surface area contributed by atoms with Gasteiger partial charge in [-0.1, -0.05) is 0 Å². The van der Waals surface area contributed by atoms with Crippen LogP contribution in [0.25, 0.3) is 0 Å². The minimum atomic E-state index is -0.258. The van der Waals surface area contributed by atoms with Crippen molar-refractivity contribution in [3.63, 3.8) is 0 Å². The van der Waals surface area contributed by atoms with Crippen molar-refractivity contribution in [1.82, 2.24) is 0 Å². The summed E-state index contributed by atoms with van der Waals surface area (Å²) in [4.78, 5) is 0. The van der Waals surface area contributed by atoms with Crippen LogP contribution in [0.1, 0.15) is 11.1 Å². The van der Waals surface area contributed by atoms with E-state index in [9.17, 15) is 10.2 Å². The lowest BCUT2D eigenvalue weighted by Crippen LogP contribution is -1.98. The molecule has 0 heterocycles. The van der Waals surface area contributed by atoms with Crippen molar-refractivity contribution in [2.45, 2.75) is 13.8 Å². The van der Waals surface area contributed by atoms with Gasteiger partial charge in [0.2, 0.25) is 5.75 Å². The molecule has 0 aliphatic rings. The van der Waals surface area contributed by atoms with Crippen LogP contribution in [0.2, 0.25) is 0 Å². The standard InChI is InChI=1S/C9H13NO3/c1-4-6(10)5(2)9(13-3)8(12)7(4)11/h11-12H,10H2,1-3H3. The van der Waals surface area contributed by atoms with E-state index in [1.54, 1.807) is 13.8 Å². The van der Waals surface area contributed by atoms with Gasteiger partial charge in [-0.3, -0.25) is 0 Å². The molecule has 0 saturated heterocycles. The topological polar surface area (TPSA) is 75.7 Å². The Kier molecular flexibility index (Phi) is 2.23. The van der Waals surface area contributed by atoms with Crippen LogP contribution in [0.4, 0.5) is 5.69 Å². The fourth-order valence-electron chi connectivity index (χ4n) is 1.24. The summed E-state index contributed by atoms with van der Waals surface area (Å²) in [5.74, 6) is -0.257. The average Bonchev–Trinajstić information content (AvgIpc) is 2.13. The summed E-state index contributed by atoms with van der Waals surface area (Å²) < 4.78 is 4.90. The molecule has 0 aliphatic carbocycles. The van der Waals surface area contributed by atoms with Gasteiger partial charge in [0.15, 0.2) is 11.5 Å². The van der Waals surface area contributed by atoms with E-state index in [-0.39, 0.29) is 17.2 Å². The smallest absolute Gasteiger partial charge is 0.201 e. The number of benzene rings is 1. The number of hydrogen-bond donors (Lipinski definition) is 3. The molecule has 0 unspecified atom stereocenters. The van der Waals surface area contributed by atoms with E-state index < -0.39 is 0 Å². The molecule has 72 valence electrons. The second kappa shape index (κ2) is 3.05. The molecule has 4 N–H and O–H groups in total. The highest BCUT2D eigenvalue weighted by atomic mass is 16.5. The zero-order valence-corrected chi connectivity index (χ0v) is 7.88. The molecule has 0 spiro atoms. The predicted octanol–water partition coefficient (Wildman–Crippen LogP) is 1.31. The Bertz CT molecular complexity index is 318. The number of phenols is 2. The molecule has 13 heavy (non-hydrogen) atoms. The van der Waals surface area contributed by atoms with Crippen molar-refractivity contribution in [1.29, 1.82) is 0 Å². The van der Waals surface area contributed by atoms with Gasteiger partial charge < -0.3 is 20.7 Å². The molecule has 0 aliphatic heterocycles. The van der Waals surface area contributed by atoms with Crippen LogP contribution in [0.3, 0.4) is 0 Å². The minimum absolute atomic E-state index is 0.222. The van der Waals surface area contributed by atoms with Crippen LogP contribution in [-0.2, 0) is 0 Å². The van der Waals surface area contributed by atoms with Crippen molar-refractivity contribution in [3.05, 3.63) is 11.1 Å². The monoisotopic (exact) mass is 183 g/mol. The van der Waals surface area contributed by atoms with Gasteiger partial charge >= 0.3 is 0 Å². The maximum absolute atomic E-state index is 9.45. The van der Waals surface area contributed by atoms with Crippen molar-refractivity contribution in [2.75, 3.05) is 12.8 Å². The van der Waals surface area contributed by atoms with E-state index in [0.717, 1.165) is 0 Å². The van der Waals surface area contributed by atoms with E-state index >= 15 is 0 Å². The van der Waals surface area contributed by atoms with E-state index in [2.05, 4.69) is 0 Å². The van der Waals surface area contributed by atoms with Crippen molar-refractivity contribution in [2.24, 2.45) is 0 Å². The zero-order valence-electron chi connectivity index (χ0n) is 7.88. The number of methoxy groups -OCH3 is 1. The van der Waals surface area contributed by atoms with Crippen LogP contribution in [0, 0.1) is 13.8 Å². The molecule has 4 nitrogen and oxygen atoms in total. The summed E-state index contributed by atoms with van der Waals surface area (Å²) in [5.41, 5.74) is 7.22. The van der Waals surface area contributed by atoms with Crippen LogP contribution in [0.5, 0.6) is 17.2 Å². The molecular weight excluding hydrogens is 170 g/mol. The van der Waals surface area contributed by atoms with Gasteiger partial charge in [0, 0.05) is 16.8 Å². The van der Waals surface area contributed by atoms with Crippen molar-refractivity contribution in [3.8, 4) is 17.2 Å². The van der Waals surface area contributed by atoms with Crippen LogP contribution >= 0.6 is 0 Å². The molecule has 1 aromatic rings. The van der Waals surface area contributed by atoms with Crippen molar-refractivity contribution >= 4 is 5.69 Å². The minimum Gasteiger partial charge on any atom is -0.504 e. The zero-order chi connectivity index (χ0) is 10.2. The summed E-state index contributed by atoms with van der Waals surface area (Å²) in [5, 5.41) is 18.9. The average molecular weight is 183 g/mol. The Morgan fingerprint density at radius 3 is 2.08 bits per heavy atom. The normalized spacial score (nSPS) is 10.1. The van der Waals surface area contributed by atoms with E-state index in [4.69, 9.17) is 10.5 Å². The Hall–Kier alpha value is -1.58. The maximum atomic E-state index is 9.45. The van der Waals surface area contributed by atoms with Crippen LogP contribution in [-0.4, -0.2) is 17.3 Å². The van der Waals surface area contributed by atoms with Gasteiger partial charge in [-0.15, -0.1) is 0 Å². The summed E-state index contributed by atoms with van der Waals surface area (Å²) in [6, 6.07) is 0. The predicted molar refractivity (Wildman–Crippen MR) is 50.2 cm³/mol. The summed E-state index contributed by atoms with van der Waals surface area (Å²) in [7, 11) is 1.41. The number of nitrogens with two attached hydrogens (primary N) is 1. The highest BCUT2D eigenvalue weighted by Crippen LogP contribution is 2.44. The SMILES string of the molecule is COc1c(C)c(N)c(C)c(O)c1O. The number of rotatable bonds is 1. The Labute approximate surface area is 76.6 Å². The number of aromatic hydroxyl groups is 2. The summed E-state index contributed by atoms with van der Waals surface area (Å²) in [6.07, 6.45) is 0. The molecule has 1 rings (SSSR count). The van der Waals surface area contributed by atoms with Crippen LogP contribution < -0.4 is 10.5 Å². The lowest BCUT2D eigenvalue weighted by atomic mass is 10.1. The van der Waals surface area contributed by atoms with Gasteiger partial charge in [0.1, 0.15) is 0 Å². The first-order chi connectivity index (χ1) is 6.00. The number of phenolic OH excluding ortho intramolecular Hbond substituents is 2. The Balaban J connectivity index is 3.56. The molecule has 0 radical (unpaired) electrons. The third-order valence-electron chi connectivity index (χ3n) is 2.15. The quantitative estimate of drug-likeness (QED) is 0.348. The van der Waals surface area contributed by atoms with Crippen molar-refractivity contribution < 1.29 is 14.9 Å². The summed E-state index contributed by atoms with van der Waals surface area (Å²) in [6.45, 7) is 3.36. The number of anilines is 1. The van der Waals surface area contributed by atoms with Gasteiger partial charge in [-0.25, -0.2) is 0 Å². The molecule has 0 aromatic heterocycles. The number of nitrogen functional groups attached to an aromatic ring is 1. The fourth-order valence-corrected chi connectivity index (χ4v) is 1.24. The number of ether oxygens (including phenoxy) is 1. The second-order valence-electron chi connectivity index (χ2n) is 2.89. The molecule has 0 bridgehead atoms. The largest absolute Gasteiger partial charge is 0.504 e. The third-order valence-corrected chi connectivity index (χ3v) is 2.15. The maximum Gasteiger partial charge on any atom is 0.201 e. The lowest BCUT2D eigenvalue weighted by molar-refractivity contribution is 0.348. The Morgan fingerprint density at radius 2 is 1.62 bits per heavy atom. The first-order valence-corrected chi connectivity index (χ1v) is 3.85. The lowest BCUT2D eigenvalue weighted by Gasteiger charge is -2.13. The van der Waals surface area contributed by atoms with E-state index in [1.807, 2.05) is 0 Å². The third kappa shape index (κ3) is 1.24. The molecule has 0 atom stereocenters. The highest BCUT2D eigenvalue weighted by molar-refractivity contribution is 5.70. The molecular formula is C9H13NO3. The van der Waals surface area contributed by atoms with Gasteiger partial charge in [-0.05, 0) is 13.8 Å². The van der Waals surface area contributed by atoms with E-state index in [1.165, 1.54) is 7.11 Å². The molecule has 0 amide bonds. The Morgan fingerprint density at radius 1 is 1.08 bits per heavy atom. The molecule has 1 aromatic carbocycles. The van der Waals surface area contributed by atoms with Gasteiger partial charge in [0.25, 0.3) is 0 Å².